The molecule has 0 rings (SSSR count). The number of hydrogen-bond acceptors (Lipinski definition) is 6. The van der Waals surface area contributed by atoms with Crippen LogP contribution >= 0.6 is 0 Å². The van der Waals surface area contributed by atoms with Crippen molar-refractivity contribution in [3.05, 3.63) is 134 Å². The summed E-state index contributed by atoms with van der Waals surface area (Å²) in [7, 11) is 0. The van der Waals surface area contributed by atoms with Crippen LogP contribution < -0.4 is 0 Å². The highest BCUT2D eigenvalue weighted by Crippen LogP contribution is 2.16. The zero-order valence-corrected chi connectivity index (χ0v) is 52.8. The molecule has 0 N–H and O–H groups in total. The van der Waals surface area contributed by atoms with Crippen molar-refractivity contribution in [3.63, 3.8) is 0 Å². The minimum atomic E-state index is -0.811. The number of carbonyl (C=O) groups is 3. The first kappa shape index (κ1) is 76.5. The largest absolute Gasteiger partial charge is 0.462 e. The van der Waals surface area contributed by atoms with E-state index in [0.717, 1.165) is 128 Å². The highest BCUT2D eigenvalue weighted by molar-refractivity contribution is 5.71. The van der Waals surface area contributed by atoms with Gasteiger partial charge in [0.1, 0.15) is 13.2 Å². The van der Waals surface area contributed by atoms with E-state index >= 15 is 0 Å². The van der Waals surface area contributed by atoms with Crippen LogP contribution in [0, 0.1) is 0 Å². The van der Waals surface area contributed by atoms with E-state index in [-0.39, 0.29) is 37.5 Å². The average Bonchev–Trinajstić information content (AvgIpc) is 3.47. The summed E-state index contributed by atoms with van der Waals surface area (Å²) in [4.78, 5) is 38.3. The summed E-state index contributed by atoms with van der Waals surface area (Å²) in [5, 5.41) is 0. The zero-order valence-electron chi connectivity index (χ0n) is 52.8. The minimum absolute atomic E-state index is 0.104. The number of carbonyl (C=O) groups excluding carboxylic acids is 3. The molecule has 81 heavy (non-hydrogen) atoms. The topological polar surface area (TPSA) is 78.9 Å². The summed E-state index contributed by atoms with van der Waals surface area (Å²) in [6.07, 6.45) is 96.1. The van der Waals surface area contributed by atoms with E-state index in [9.17, 15) is 14.4 Å². The van der Waals surface area contributed by atoms with Crippen LogP contribution in [0.5, 0.6) is 0 Å². The van der Waals surface area contributed by atoms with Crippen LogP contribution in [0.3, 0.4) is 0 Å². The van der Waals surface area contributed by atoms with Gasteiger partial charge in [-0.05, 0) is 109 Å². The normalized spacial score (nSPS) is 13.0. The Morgan fingerprint density at radius 3 is 0.840 bits per heavy atom. The molecule has 0 saturated heterocycles. The van der Waals surface area contributed by atoms with Gasteiger partial charge in [0.25, 0.3) is 0 Å². The molecule has 1 unspecified atom stereocenters. The van der Waals surface area contributed by atoms with E-state index in [1.54, 1.807) is 0 Å². The molecule has 0 aliphatic heterocycles. The second-order valence-corrected chi connectivity index (χ2v) is 22.0. The molecule has 6 nitrogen and oxygen atoms in total. The summed E-state index contributed by atoms with van der Waals surface area (Å²) >= 11 is 0. The lowest BCUT2D eigenvalue weighted by Crippen LogP contribution is -2.30. The van der Waals surface area contributed by atoms with Gasteiger partial charge in [0.2, 0.25) is 0 Å². The number of unbranched alkanes of at least 4 members (excludes halogenated alkanes) is 27. The Labute approximate surface area is 500 Å². The molecule has 0 heterocycles. The molecule has 0 bridgehead atoms. The number of hydrogen-bond donors (Lipinski definition) is 0. The van der Waals surface area contributed by atoms with Crippen molar-refractivity contribution in [2.24, 2.45) is 0 Å². The van der Waals surface area contributed by atoms with Gasteiger partial charge in [-0.1, -0.05) is 309 Å². The van der Waals surface area contributed by atoms with Gasteiger partial charge in [0.05, 0.1) is 0 Å². The molecular weight excluding hydrogens is 997 g/mol. The van der Waals surface area contributed by atoms with E-state index < -0.39 is 6.10 Å². The smallest absolute Gasteiger partial charge is 0.306 e. The van der Waals surface area contributed by atoms with Gasteiger partial charge in [0, 0.05) is 19.3 Å². The average molecular weight is 1120 g/mol. The Hall–Kier alpha value is -4.45. The van der Waals surface area contributed by atoms with Crippen molar-refractivity contribution in [1.29, 1.82) is 0 Å². The van der Waals surface area contributed by atoms with Gasteiger partial charge in [0.15, 0.2) is 6.10 Å². The molecule has 0 aromatic heterocycles. The molecule has 0 aromatic rings. The lowest BCUT2D eigenvalue weighted by Gasteiger charge is -2.18. The molecule has 0 saturated carbocycles. The van der Waals surface area contributed by atoms with E-state index in [2.05, 4.69) is 154 Å². The van der Waals surface area contributed by atoms with Crippen LogP contribution in [0.15, 0.2) is 134 Å². The molecule has 0 aromatic carbocycles. The quantitative estimate of drug-likeness (QED) is 0.0261. The maximum absolute atomic E-state index is 12.9. The van der Waals surface area contributed by atoms with Gasteiger partial charge in [-0.3, -0.25) is 14.4 Å². The van der Waals surface area contributed by atoms with E-state index in [0.29, 0.717) is 19.3 Å². The first-order chi connectivity index (χ1) is 40.0. The zero-order chi connectivity index (χ0) is 58.5. The Kier molecular flexibility index (Phi) is 64.3. The van der Waals surface area contributed by atoms with Crippen LogP contribution in [0.1, 0.15) is 303 Å². The predicted octanol–water partition coefficient (Wildman–Crippen LogP) is 23.3. The van der Waals surface area contributed by atoms with Crippen LogP contribution in [0.25, 0.3) is 0 Å². The van der Waals surface area contributed by atoms with Gasteiger partial charge < -0.3 is 14.2 Å². The molecule has 0 amide bonds. The van der Waals surface area contributed by atoms with Crippen molar-refractivity contribution in [1.82, 2.24) is 0 Å². The maximum atomic E-state index is 12.9. The first-order valence-electron chi connectivity index (χ1n) is 33.7. The molecule has 0 aliphatic carbocycles. The minimum Gasteiger partial charge on any atom is -0.462 e. The van der Waals surface area contributed by atoms with Gasteiger partial charge in [-0.15, -0.1) is 0 Å². The second kappa shape index (κ2) is 68.1. The lowest BCUT2D eigenvalue weighted by molar-refractivity contribution is -0.167. The first-order valence-corrected chi connectivity index (χ1v) is 33.7. The molecule has 6 heteroatoms. The van der Waals surface area contributed by atoms with Crippen molar-refractivity contribution < 1.29 is 28.6 Å². The van der Waals surface area contributed by atoms with Crippen LogP contribution in [-0.4, -0.2) is 37.2 Å². The third kappa shape index (κ3) is 66.2. The maximum Gasteiger partial charge on any atom is 0.306 e. The van der Waals surface area contributed by atoms with Crippen molar-refractivity contribution >= 4 is 17.9 Å². The predicted molar refractivity (Wildman–Crippen MR) is 353 cm³/mol. The summed E-state index contributed by atoms with van der Waals surface area (Å²) < 4.78 is 16.9. The summed E-state index contributed by atoms with van der Waals surface area (Å²) in [5.74, 6) is -0.972. The number of esters is 3. The molecule has 0 aliphatic rings. The monoisotopic (exact) mass is 1120 g/mol. The Morgan fingerprint density at radius 2 is 0.506 bits per heavy atom. The van der Waals surface area contributed by atoms with Gasteiger partial charge in [-0.25, -0.2) is 0 Å². The second-order valence-electron chi connectivity index (χ2n) is 22.0. The SMILES string of the molecule is CC/C=C\C/C=C\C/C=C\C/C=C\C/C=C\C/C=C\C/C=C\C/C=C\C/C=C\CCCC(=O)OCC(COC(=O)CCCCCCC/C=C\C/C=C\CCCC)OC(=O)CCCCCCCCCCCCCCCCCCCCCC. The van der Waals surface area contributed by atoms with Crippen LogP contribution in [-0.2, 0) is 28.6 Å². The van der Waals surface area contributed by atoms with Crippen LogP contribution in [0.2, 0.25) is 0 Å². The Bertz CT molecular complexity index is 1720. The van der Waals surface area contributed by atoms with E-state index in [1.165, 1.54) is 128 Å². The Morgan fingerprint density at radius 1 is 0.259 bits per heavy atom. The third-order valence-electron chi connectivity index (χ3n) is 14.1. The highest BCUT2D eigenvalue weighted by Gasteiger charge is 2.19. The Balaban J connectivity index is 4.44. The third-order valence-corrected chi connectivity index (χ3v) is 14.1. The molecule has 1 atom stereocenters. The number of allylic oxidation sites excluding steroid dienone is 22. The molecule has 460 valence electrons. The fraction of sp³-hybridized carbons (Fsp3) is 0.667. The summed E-state index contributed by atoms with van der Waals surface area (Å²) in [6.45, 7) is 6.45. The lowest BCUT2D eigenvalue weighted by atomic mass is 10.0. The number of rotatable bonds is 60. The molecular formula is C75H124O6. The molecule has 0 fully saturated rings. The van der Waals surface area contributed by atoms with Crippen molar-refractivity contribution in [2.75, 3.05) is 13.2 Å². The fourth-order valence-electron chi connectivity index (χ4n) is 9.11. The van der Waals surface area contributed by atoms with E-state index in [4.69, 9.17) is 14.2 Å². The fourth-order valence-corrected chi connectivity index (χ4v) is 9.11. The highest BCUT2D eigenvalue weighted by atomic mass is 16.6. The summed E-state index contributed by atoms with van der Waals surface area (Å²) in [5.41, 5.74) is 0. The van der Waals surface area contributed by atoms with Crippen molar-refractivity contribution in [3.8, 4) is 0 Å². The molecule has 0 radical (unpaired) electrons. The summed E-state index contributed by atoms with van der Waals surface area (Å²) in [6, 6.07) is 0. The van der Waals surface area contributed by atoms with Gasteiger partial charge >= 0.3 is 17.9 Å². The van der Waals surface area contributed by atoms with Gasteiger partial charge in [-0.2, -0.15) is 0 Å². The van der Waals surface area contributed by atoms with E-state index in [1.807, 2.05) is 0 Å². The van der Waals surface area contributed by atoms with Crippen molar-refractivity contribution in [2.45, 2.75) is 309 Å². The number of ether oxygens (including phenoxy) is 3. The molecule has 0 spiro atoms. The standard InChI is InChI=1S/C75H124O6/c1-4-7-10-13-16-19-22-25-28-30-32-34-35-36-37-38-39-40-41-42-44-45-47-50-53-56-59-62-65-68-74(77)80-71-72(70-79-73(76)67-64-61-58-55-52-49-27-24-21-18-15-12-9-6-3)81-75(78)69-66-63-60-57-54-51-48-46-43-33-31-29-26-23-20-17-14-11-8-5-2/h7,10,15-16,18-19,24-25,27-28,32,34,36-37,39-40,42,44,47,50,56,59,72H,4-6,8-9,11-14,17,20-23,26,29-31,33,35,38,41,43,45-46,48-49,51-55,57-58,60-71H2,1-3H3/b10-7-,18-15-,19-16-,27-24-,28-25-,34-32-,37-36-,40-39-,44-42-,50-47-,59-56-. The van der Waals surface area contributed by atoms with Crippen LogP contribution in [0.4, 0.5) is 0 Å².